The molecular weight excluding hydrogens is 324 g/mol. The van der Waals surface area contributed by atoms with Gasteiger partial charge in [0.15, 0.2) is 0 Å². The van der Waals surface area contributed by atoms with E-state index in [4.69, 9.17) is 11.5 Å². The van der Waals surface area contributed by atoms with Gasteiger partial charge in [0.05, 0.1) is 0 Å². The van der Waals surface area contributed by atoms with E-state index in [9.17, 15) is 0 Å². The number of nitrogens with two attached hydrogens (primary N) is 2. The molecule has 0 aliphatic carbocycles. The summed E-state index contributed by atoms with van der Waals surface area (Å²) in [6, 6.07) is 0.509. The summed E-state index contributed by atoms with van der Waals surface area (Å²) in [6.07, 6.45) is 2.30. The maximum Gasteiger partial charge on any atom is 0.0281 e. The predicted octanol–water partition coefficient (Wildman–Crippen LogP) is 0.769. The van der Waals surface area contributed by atoms with Crippen LogP contribution >= 0.6 is 0 Å². The standard InChI is InChI=1S/C20H46N6/c1-18-16-19(2,3)23-10-7-11-24(6)17-20(4,5)26(13-9-22)15-14-25(18)12-8-21/h18,23H,7-17,21-22H2,1-6H3/t18-/m1/s1. The van der Waals surface area contributed by atoms with Crippen LogP contribution in [0.15, 0.2) is 0 Å². The van der Waals surface area contributed by atoms with Crippen LogP contribution in [-0.2, 0) is 0 Å². The molecule has 0 saturated carbocycles. The van der Waals surface area contributed by atoms with Crippen LogP contribution in [0.1, 0.15) is 47.5 Å². The molecule has 0 aromatic rings. The Morgan fingerprint density at radius 1 is 1.00 bits per heavy atom. The van der Waals surface area contributed by atoms with Gasteiger partial charge in [-0.05, 0) is 67.6 Å². The van der Waals surface area contributed by atoms with Gasteiger partial charge in [0.25, 0.3) is 0 Å². The molecule has 6 nitrogen and oxygen atoms in total. The number of hydrogen-bond acceptors (Lipinski definition) is 6. The quantitative estimate of drug-likeness (QED) is 0.679. The van der Waals surface area contributed by atoms with Gasteiger partial charge in [0, 0.05) is 62.9 Å². The van der Waals surface area contributed by atoms with Gasteiger partial charge < -0.3 is 21.7 Å². The normalized spacial score (nSPS) is 27.9. The molecule has 1 atom stereocenters. The van der Waals surface area contributed by atoms with E-state index < -0.39 is 0 Å². The van der Waals surface area contributed by atoms with Crippen LogP contribution in [0.4, 0.5) is 0 Å². The highest BCUT2D eigenvalue weighted by molar-refractivity contribution is 4.88. The Balaban J connectivity index is 2.95. The second kappa shape index (κ2) is 10.9. The van der Waals surface area contributed by atoms with Crippen molar-refractivity contribution in [1.82, 2.24) is 20.0 Å². The van der Waals surface area contributed by atoms with E-state index in [1.807, 2.05) is 0 Å². The number of nitrogens with one attached hydrogen (secondary N) is 1. The molecule has 0 radical (unpaired) electrons. The summed E-state index contributed by atoms with van der Waals surface area (Å²) >= 11 is 0. The molecule has 5 N–H and O–H groups in total. The van der Waals surface area contributed by atoms with Crippen LogP contribution in [0, 0.1) is 0 Å². The molecule has 1 aliphatic rings. The van der Waals surface area contributed by atoms with E-state index in [-0.39, 0.29) is 11.1 Å². The third kappa shape index (κ3) is 8.19. The highest BCUT2D eigenvalue weighted by Crippen LogP contribution is 2.19. The summed E-state index contributed by atoms with van der Waals surface area (Å²) in [6.45, 7) is 20.3. The molecule has 0 amide bonds. The molecular formula is C20H46N6. The minimum Gasteiger partial charge on any atom is -0.329 e. The molecule has 26 heavy (non-hydrogen) atoms. The molecule has 1 rings (SSSR count). The van der Waals surface area contributed by atoms with E-state index in [0.29, 0.717) is 19.1 Å². The summed E-state index contributed by atoms with van der Waals surface area (Å²) in [7, 11) is 2.24. The molecule has 1 saturated heterocycles. The van der Waals surface area contributed by atoms with Crippen LogP contribution in [0.3, 0.4) is 0 Å². The van der Waals surface area contributed by atoms with E-state index in [1.165, 1.54) is 6.42 Å². The van der Waals surface area contributed by atoms with Crippen molar-refractivity contribution in [2.24, 2.45) is 11.5 Å². The minimum atomic E-state index is 0.114. The lowest BCUT2D eigenvalue weighted by Gasteiger charge is -2.43. The molecule has 156 valence electrons. The van der Waals surface area contributed by atoms with E-state index in [0.717, 1.165) is 52.2 Å². The van der Waals surface area contributed by atoms with Crippen LogP contribution in [0.25, 0.3) is 0 Å². The first kappa shape index (κ1) is 23.8. The largest absolute Gasteiger partial charge is 0.329 e. The number of likely N-dealkylation sites (N-methyl/N-ethyl adjacent to an activating group) is 1. The maximum absolute atomic E-state index is 5.94. The Kier molecular flexibility index (Phi) is 10.0. The highest BCUT2D eigenvalue weighted by Gasteiger charge is 2.30. The van der Waals surface area contributed by atoms with Gasteiger partial charge in [-0.1, -0.05) is 0 Å². The van der Waals surface area contributed by atoms with Crippen molar-refractivity contribution in [2.75, 3.05) is 66.0 Å². The molecule has 1 aliphatic heterocycles. The molecule has 0 aromatic heterocycles. The lowest BCUT2D eigenvalue weighted by Crippen LogP contribution is -2.56. The monoisotopic (exact) mass is 370 g/mol. The SMILES string of the molecule is C[C@@H]1CC(C)(C)NCCCN(C)CC(C)(C)N(CCN)CCN1CCN. The Hall–Kier alpha value is -0.240. The zero-order valence-electron chi connectivity index (χ0n) is 18.4. The lowest BCUT2D eigenvalue weighted by atomic mass is 9.94. The molecule has 6 heteroatoms. The fourth-order valence-corrected chi connectivity index (χ4v) is 4.40. The van der Waals surface area contributed by atoms with Gasteiger partial charge in [0.2, 0.25) is 0 Å². The van der Waals surface area contributed by atoms with Crippen LogP contribution in [-0.4, -0.2) is 97.8 Å². The first-order valence-electron chi connectivity index (χ1n) is 10.4. The highest BCUT2D eigenvalue weighted by atomic mass is 15.3. The van der Waals surface area contributed by atoms with Crippen molar-refractivity contribution in [3.8, 4) is 0 Å². The fraction of sp³-hybridized carbons (Fsp3) is 1.00. The van der Waals surface area contributed by atoms with Crippen molar-refractivity contribution >= 4 is 0 Å². The van der Waals surface area contributed by atoms with Gasteiger partial charge in [-0.2, -0.15) is 0 Å². The Morgan fingerprint density at radius 2 is 1.65 bits per heavy atom. The van der Waals surface area contributed by atoms with Gasteiger partial charge in [0.1, 0.15) is 0 Å². The Morgan fingerprint density at radius 3 is 2.27 bits per heavy atom. The summed E-state index contributed by atoms with van der Waals surface area (Å²) in [5.41, 5.74) is 12.1. The van der Waals surface area contributed by atoms with E-state index in [1.54, 1.807) is 0 Å². The zero-order valence-corrected chi connectivity index (χ0v) is 18.4. The first-order chi connectivity index (χ1) is 12.1. The molecule has 1 heterocycles. The van der Waals surface area contributed by atoms with Crippen molar-refractivity contribution in [3.63, 3.8) is 0 Å². The number of rotatable bonds is 4. The van der Waals surface area contributed by atoms with Crippen molar-refractivity contribution in [3.05, 3.63) is 0 Å². The molecule has 0 aromatic carbocycles. The molecule has 0 spiro atoms. The van der Waals surface area contributed by atoms with Gasteiger partial charge in [-0.25, -0.2) is 0 Å². The summed E-state index contributed by atoms with van der Waals surface area (Å²) in [4.78, 5) is 7.58. The summed E-state index contributed by atoms with van der Waals surface area (Å²) in [5.74, 6) is 0. The summed E-state index contributed by atoms with van der Waals surface area (Å²) < 4.78 is 0. The van der Waals surface area contributed by atoms with Crippen LogP contribution in [0.2, 0.25) is 0 Å². The fourth-order valence-electron chi connectivity index (χ4n) is 4.40. The van der Waals surface area contributed by atoms with Crippen LogP contribution in [0.5, 0.6) is 0 Å². The first-order valence-corrected chi connectivity index (χ1v) is 10.4. The smallest absolute Gasteiger partial charge is 0.0281 e. The average molecular weight is 371 g/mol. The van der Waals surface area contributed by atoms with Crippen LogP contribution < -0.4 is 16.8 Å². The van der Waals surface area contributed by atoms with Gasteiger partial charge in [-0.15, -0.1) is 0 Å². The van der Waals surface area contributed by atoms with Crippen molar-refractivity contribution in [2.45, 2.75) is 64.6 Å². The zero-order chi connectivity index (χ0) is 19.8. The Labute approximate surface area is 162 Å². The topological polar surface area (TPSA) is 73.8 Å². The van der Waals surface area contributed by atoms with E-state index >= 15 is 0 Å². The third-order valence-electron chi connectivity index (χ3n) is 5.73. The second-order valence-electron chi connectivity index (χ2n) is 9.37. The number of hydrogen-bond donors (Lipinski definition) is 3. The minimum absolute atomic E-state index is 0.114. The molecule has 0 unspecified atom stereocenters. The van der Waals surface area contributed by atoms with Crippen molar-refractivity contribution < 1.29 is 0 Å². The molecule has 0 bridgehead atoms. The molecule has 1 fully saturated rings. The lowest BCUT2D eigenvalue weighted by molar-refractivity contribution is 0.0623. The Bertz CT molecular complexity index is 384. The average Bonchev–Trinajstić information content (AvgIpc) is 2.52. The van der Waals surface area contributed by atoms with Gasteiger partial charge >= 0.3 is 0 Å². The predicted molar refractivity (Wildman–Crippen MR) is 114 cm³/mol. The second-order valence-corrected chi connectivity index (χ2v) is 9.37. The third-order valence-corrected chi connectivity index (χ3v) is 5.73. The van der Waals surface area contributed by atoms with Gasteiger partial charge in [-0.3, -0.25) is 9.80 Å². The van der Waals surface area contributed by atoms with E-state index in [2.05, 4.69) is 61.7 Å². The summed E-state index contributed by atoms with van der Waals surface area (Å²) in [5, 5.41) is 3.76. The maximum atomic E-state index is 5.94. The van der Waals surface area contributed by atoms with Crippen molar-refractivity contribution in [1.29, 1.82) is 0 Å². The number of nitrogens with zero attached hydrogens (tertiary/aromatic N) is 3.